The van der Waals surface area contributed by atoms with Crippen molar-refractivity contribution < 1.29 is 4.92 Å². The predicted molar refractivity (Wildman–Crippen MR) is 97.9 cm³/mol. The Morgan fingerprint density at radius 2 is 1.75 bits per heavy atom. The van der Waals surface area contributed by atoms with Crippen molar-refractivity contribution in [1.29, 1.82) is 0 Å². The van der Waals surface area contributed by atoms with Crippen molar-refractivity contribution in [3.63, 3.8) is 0 Å². The van der Waals surface area contributed by atoms with Gasteiger partial charge in [-0.05, 0) is 18.2 Å². The van der Waals surface area contributed by atoms with Gasteiger partial charge in [0.05, 0.1) is 10.5 Å². The minimum atomic E-state index is -1.60. The van der Waals surface area contributed by atoms with E-state index in [0.29, 0.717) is 11.3 Å². The molecule has 120 valence electrons. The average molecular weight is 335 g/mol. The maximum absolute atomic E-state index is 11.3. The zero-order valence-electron chi connectivity index (χ0n) is 13.8. The molecule has 1 aromatic heterocycles. The number of rotatable bonds is 1. The van der Waals surface area contributed by atoms with Crippen LogP contribution in [0.25, 0.3) is 0 Å². The fourth-order valence-corrected chi connectivity index (χ4v) is 2.30. The van der Waals surface area contributed by atoms with Crippen LogP contribution in [0.4, 0.5) is 11.4 Å². The lowest BCUT2D eigenvalue weighted by atomic mass is 10.1. The minimum Gasteiger partial charge on any atom is -0.398 e. The summed E-state index contributed by atoms with van der Waals surface area (Å²) in [6, 6.07) is 6.38. The summed E-state index contributed by atoms with van der Waals surface area (Å²) in [7, 11) is -1.60. The standard InChI is InChI=1S/C18H17N3O2Si/c1-24(2,3)11-8-15-13-18(21(22)23)16(12-17(15)19)5-4-14-6-9-20-10-7-14/h6-7,9-10,12-13H,19H2,1-3H3. The van der Waals surface area contributed by atoms with Crippen molar-refractivity contribution in [2.45, 2.75) is 19.6 Å². The average Bonchev–Trinajstić information content (AvgIpc) is 2.51. The lowest BCUT2D eigenvalue weighted by Gasteiger charge is -2.05. The summed E-state index contributed by atoms with van der Waals surface area (Å²) in [5.74, 6) is 8.67. The van der Waals surface area contributed by atoms with Crippen LogP contribution in [-0.4, -0.2) is 18.0 Å². The smallest absolute Gasteiger partial charge is 0.286 e. The number of pyridine rings is 1. The Morgan fingerprint density at radius 1 is 1.08 bits per heavy atom. The van der Waals surface area contributed by atoms with Gasteiger partial charge < -0.3 is 5.73 Å². The Labute approximate surface area is 142 Å². The Balaban J connectivity index is 2.50. The molecule has 0 unspecified atom stereocenters. The molecule has 0 atom stereocenters. The van der Waals surface area contributed by atoms with Gasteiger partial charge in [-0.25, -0.2) is 0 Å². The minimum absolute atomic E-state index is 0.0920. The number of aromatic nitrogens is 1. The van der Waals surface area contributed by atoms with Crippen LogP contribution in [0.1, 0.15) is 16.7 Å². The molecule has 2 N–H and O–H groups in total. The second-order valence-electron chi connectivity index (χ2n) is 6.20. The van der Waals surface area contributed by atoms with Crippen LogP contribution < -0.4 is 5.73 Å². The maximum atomic E-state index is 11.3. The molecule has 2 aromatic rings. The topological polar surface area (TPSA) is 82.0 Å². The second-order valence-corrected chi connectivity index (χ2v) is 10.9. The first-order valence-electron chi connectivity index (χ1n) is 7.29. The van der Waals surface area contributed by atoms with Crippen molar-refractivity contribution in [3.05, 3.63) is 63.5 Å². The summed E-state index contributed by atoms with van der Waals surface area (Å²) in [5.41, 5.74) is 10.9. The highest BCUT2D eigenvalue weighted by Gasteiger charge is 2.16. The molecule has 6 heteroatoms. The van der Waals surface area contributed by atoms with Gasteiger partial charge in [-0.3, -0.25) is 15.1 Å². The molecule has 0 radical (unpaired) electrons. The molecule has 0 saturated carbocycles. The van der Waals surface area contributed by atoms with E-state index in [2.05, 4.69) is 47.9 Å². The van der Waals surface area contributed by atoms with Crippen molar-refractivity contribution in [2.24, 2.45) is 0 Å². The van der Waals surface area contributed by atoms with Crippen LogP contribution in [-0.2, 0) is 0 Å². The van der Waals surface area contributed by atoms with Crippen LogP contribution in [0, 0.1) is 33.4 Å². The zero-order chi connectivity index (χ0) is 17.7. The quantitative estimate of drug-likeness (QED) is 0.285. The molecule has 0 bridgehead atoms. The van der Waals surface area contributed by atoms with Gasteiger partial charge in [0.2, 0.25) is 0 Å². The largest absolute Gasteiger partial charge is 0.398 e. The fourth-order valence-electron chi connectivity index (χ4n) is 1.79. The van der Waals surface area contributed by atoms with E-state index in [1.165, 1.54) is 12.1 Å². The van der Waals surface area contributed by atoms with Crippen molar-refractivity contribution in [2.75, 3.05) is 5.73 Å². The summed E-state index contributed by atoms with van der Waals surface area (Å²) in [4.78, 5) is 14.8. The highest BCUT2D eigenvalue weighted by molar-refractivity contribution is 6.83. The van der Waals surface area contributed by atoms with E-state index in [1.807, 2.05) is 0 Å². The van der Waals surface area contributed by atoms with Crippen LogP contribution >= 0.6 is 0 Å². The Kier molecular flexibility index (Phi) is 5.03. The Morgan fingerprint density at radius 3 is 2.33 bits per heavy atom. The number of nitrogens with two attached hydrogens (primary N) is 1. The molecule has 0 fully saturated rings. The van der Waals surface area contributed by atoms with Crippen LogP contribution in [0.15, 0.2) is 36.7 Å². The van der Waals surface area contributed by atoms with E-state index >= 15 is 0 Å². The van der Waals surface area contributed by atoms with Crippen LogP contribution in [0.5, 0.6) is 0 Å². The number of anilines is 1. The van der Waals surface area contributed by atoms with Crippen molar-refractivity contribution >= 4 is 19.4 Å². The number of nitro groups is 1. The third-order valence-electron chi connectivity index (χ3n) is 2.96. The molecule has 1 aromatic carbocycles. The van der Waals surface area contributed by atoms with E-state index in [-0.39, 0.29) is 11.3 Å². The first-order valence-corrected chi connectivity index (χ1v) is 10.8. The van der Waals surface area contributed by atoms with Gasteiger partial charge in [-0.1, -0.05) is 37.4 Å². The van der Waals surface area contributed by atoms with E-state index in [1.54, 1.807) is 24.5 Å². The molecule has 0 aliphatic heterocycles. The van der Waals surface area contributed by atoms with Crippen LogP contribution in [0.2, 0.25) is 19.6 Å². The van der Waals surface area contributed by atoms with E-state index in [4.69, 9.17) is 5.73 Å². The van der Waals surface area contributed by atoms with Gasteiger partial charge in [0.1, 0.15) is 13.6 Å². The zero-order valence-corrected chi connectivity index (χ0v) is 14.8. The Hall–Kier alpha value is -3.09. The second kappa shape index (κ2) is 6.99. The summed E-state index contributed by atoms with van der Waals surface area (Å²) < 4.78 is 0. The summed E-state index contributed by atoms with van der Waals surface area (Å²) in [6.07, 6.45) is 3.23. The van der Waals surface area contributed by atoms with E-state index in [9.17, 15) is 10.1 Å². The van der Waals surface area contributed by atoms with Gasteiger partial charge in [0.25, 0.3) is 5.69 Å². The highest BCUT2D eigenvalue weighted by atomic mass is 28.3. The number of nitrogen functional groups attached to an aromatic ring is 1. The number of nitro benzene ring substituents is 1. The molecule has 24 heavy (non-hydrogen) atoms. The molecule has 0 aliphatic rings. The maximum Gasteiger partial charge on any atom is 0.286 e. The van der Waals surface area contributed by atoms with Crippen molar-refractivity contribution in [3.8, 4) is 23.3 Å². The van der Waals surface area contributed by atoms with Gasteiger partial charge in [0.15, 0.2) is 0 Å². The molecule has 2 rings (SSSR count). The fraction of sp³-hybridized carbons (Fsp3) is 0.167. The SMILES string of the molecule is C[Si](C)(C)C#Cc1cc([N+](=O)[O-])c(C#Cc2ccncc2)cc1N. The summed E-state index contributed by atoms with van der Waals surface area (Å²) >= 11 is 0. The number of benzene rings is 1. The Bertz CT molecular complexity index is 895. The monoisotopic (exact) mass is 335 g/mol. The van der Waals surface area contributed by atoms with Gasteiger partial charge in [-0.15, -0.1) is 5.54 Å². The molecule has 5 nitrogen and oxygen atoms in total. The highest BCUT2D eigenvalue weighted by Crippen LogP contribution is 2.24. The van der Waals surface area contributed by atoms with Gasteiger partial charge >= 0.3 is 0 Å². The van der Waals surface area contributed by atoms with Gasteiger partial charge in [0, 0.05) is 29.7 Å². The molecule has 0 saturated heterocycles. The third-order valence-corrected chi connectivity index (χ3v) is 3.83. The molecular weight excluding hydrogens is 318 g/mol. The third kappa shape index (κ3) is 4.70. The first kappa shape index (κ1) is 17.3. The lowest BCUT2D eigenvalue weighted by molar-refractivity contribution is -0.385. The molecule has 1 heterocycles. The first-order chi connectivity index (χ1) is 11.3. The summed E-state index contributed by atoms with van der Waals surface area (Å²) in [6.45, 7) is 6.29. The van der Waals surface area contributed by atoms with Gasteiger partial charge in [-0.2, -0.15) is 0 Å². The van der Waals surface area contributed by atoms with Crippen LogP contribution in [0.3, 0.4) is 0 Å². The predicted octanol–water partition coefficient (Wildman–Crippen LogP) is 3.20. The van der Waals surface area contributed by atoms with E-state index in [0.717, 1.165) is 5.56 Å². The molecule has 0 amide bonds. The van der Waals surface area contributed by atoms with Crippen molar-refractivity contribution in [1.82, 2.24) is 4.98 Å². The van der Waals surface area contributed by atoms with E-state index < -0.39 is 13.0 Å². The number of hydrogen-bond acceptors (Lipinski definition) is 4. The molecular formula is C18H17N3O2Si. The molecule has 0 aliphatic carbocycles. The lowest BCUT2D eigenvalue weighted by Crippen LogP contribution is -2.16. The summed E-state index contributed by atoms with van der Waals surface area (Å²) in [5, 5.41) is 11.3. The number of nitrogens with zero attached hydrogens (tertiary/aromatic N) is 2. The molecule has 0 spiro atoms. The number of hydrogen-bond donors (Lipinski definition) is 1. The normalized spacial score (nSPS) is 10.1.